The Hall–Kier alpha value is -1.42. The zero-order chi connectivity index (χ0) is 16.4. The van der Waals surface area contributed by atoms with Crippen LogP contribution in [-0.2, 0) is 13.6 Å². The highest BCUT2D eigenvalue weighted by molar-refractivity contribution is 7.54. The number of allylic oxidation sites excluding steroid dienone is 1. The van der Waals surface area contributed by atoms with Gasteiger partial charge in [0.1, 0.15) is 12.4 Å². The summed E-state index contributed by atoms with van der Waals surface area (Å²) in [7, 11) is -3.03. The van der Waals surface area contributed by atoms with Gasteiger partial charge in [-0.1, -0.05) is 12.2 Å². The van der Waals surface area contributed by atoms with Crippen LogP contribution in [0.4, 0.5) is 0 Å². The maximum absolute atomic E-state index is 12.2. The molecule has 0 bridgehead atoms. The smallest absolute Gasteiger partial charge is 0.334 e. The molecule has 1 aromatic rings. The molecule has 1 rings (SSSR count). The van der Waals surface area contributed by atoms with Gasteiger partial charge in [-0.3, -0.25) is 9.36 Å². The summed E-state index contributed by atoms with van der Waals surface area (Å²) in [5.74, 6) is 0.696. The lowest BCUT2D eigenvalue weighted by atomic mass is 10.1. The molecule has 0 heterocycles. The van der Waals surface area contributed by atoms with Gasteiger partial charge in [-0.05, 0) is 45.0 Å². The molecule has 0 saturated carbocycles. The zero-order valence-electron chi connectivity index (χ0n) is 13.3. The molecule has 0 fully saturated rings. The van der Waals surface area contributed by atoms with E-state index in [2.05, 4.69) is 0 Å². The molecule has 0 atom stereocenters. The number of ether oxygens (including phenoxy) is 1. The van der Waals surface area contributed by atoms with Crippen LogP contribution in [0.15, 0.2) is 36.4 Å². The second-order valence-electron chi connectivity index (χ2n) is 4.49. The molecule has 0 saturated heterocycles. The summed E-state index contributed by atoms with van der Waals surface area (Å²) in [6.45, 7) is 6.13. The molecule has 122 valence electrons. The van der Waals surface area contributed by atoms with Gasteiger partial charge in [0.05, 0.1) is 19.4 Å². The molecule has 0 spiro atoms. The van der Waals surface area contributed by atoms with E-state index in [1.54, 1.807) is 50.3 Å². The summed E-state index contributed by atoms with van der Waals surface area (Å²) >= 11 is 0. The topological polar surface area (TPSA) is 61.8 Å². The third-order valence-corrected chi connectivity index (χ3v) is 4.72. The highest BCUT2D eigenvalue weighted by Gasteiger charge is 2.20. The predicted octanol–water partition coefficient (Wildman–Crippen LogP) is 4.09. The third-order valence-electron chi connectivity index (χ3n) is 2.75. The Kier molecular flexibility index (Phi) is 8.10. The minimum Gasteiger partial charge on any atom is -0.490 e. The highest BCUT2D eigenvalue weighted by Crippen LogP contribution is 2.47. The van der Waals surface area contributed by atoms with E-state index in [0.717, 1.165) is 0 Å². The third kappa shape index (κ3) is 6.56. The van der Waals surface area contributed by atoms with Crippen LogP contribution in [0.1, 0.15) is 31.1 Å². The van der Waals surface area contributed by atoms with Gasteiger partial charge in [0, 0.05) is 5.56 Å². The fraction of sp³-hybridized carbons (Fsp3) is 0.438. The lowest BCUT2D eigenvalue weighted by Crippen LogP contribution is -1.99. The molecule has 5 nitrogen and oxygen atoms in total. The predicted molar refractivity (Wildman–Crippen MR) is 86.8 cm³/mol. The van der Waals surface area contributed by atoms with E-state index in [4.69, 9.17) is 13.8 Å². The lowest BCUT2D eigenvalue weighted by molar-refractivity contribution is 0.101. The number of Topliss-reactive ketones (excluding diaryl/α,β-unsaturated/α-hetero) is 1. The summed E-state index contributed by atoms with van der Waals surface area (Å²) in [4.78, 5) is 11.2. The van der Waals surface area contributed by atoms with Crippen molar-refractivity contribution in [3.8, 4) is 5.75 Å². The number of ketones is 1. The Morgan fingerprint density at radius 2 is 1.68 bits per heavy atom. The average molecular weight is 326 g/mol. The van der Waals surface area contributed by atoms with E-state index in [9.17, 15) is 9.36 Å². The van der Waals surface area contributed by atoms with Gasteiger partial charge in [-0.25, -0.2) is 0 Å². The first-order valence-corrected chi connectivity index (χ1v) is 9.00. The Bertz CT molecular complexity index is 526. The largest absolute Gasteiger partial charge is 0.490 e. The molecule has 0 unspecified atom stereocenters. The first-order chi connectivity index (χ1) is 10.5. The van der Waals surface area contributed by atoms with E-state index >= 15 is 0 Å². The number of hydrogen-bond donors (Lipinski definition) is 0. The van der Waals surface area contributed by atoms with Crippen LogP contribution < -0.4 is 4.74 Å². The quantitative estimate of drug-likeness (QED) is 0.368. The van der Waals surface area contributed by atoms with Crippen LogP contribution in [0.2, 0.25) is 0 Å². The molecule has 1 aromatic carbocycles. The van der Waals surface area contributed by atoms with Gasteiger partial charge >= 0.3 is 7.60 Å². The monoisotopic (exact) mass is 326 g/mol. The molecule has 0 radical (unpaired) electrons. The standard InChI is InChI=1S/C16H23O5P/c1-4-20-22(18,21-5-2)13-7-6-12-19-16-10-8-15(9-11-16)14(3)17/h6-11H,4-5,12-13H2,1-3H3/b7-6+. The van der Waals surface area contributed by atoms with Crippen molar-refractivity contribution in [3.05, 3.63) is 42.0 Å². The molecule has 0 aromatic heterocycles. The van der Waals surface area contributed by atoms with Gasteiger partial charge in [0.25, 0.3) is 0 Å². The van der Waals surface area contributed by atoms with Gasteiger partial charge in [-0.2, -0.15) is 0 Å². The van der Waals surface area contributed by atoms with Crippen LogP contribution in [0.3, 0.4) is 0 Å². The number of rotatable bonds is 10. The van der Waals surface area contributed by atoms with Crippen molar-refractivity contribution in [2.24, 2.45) is 0 Å². The van der Waals surface area contributed by atoms with Gasteiger partial charge < -0.3 is 13.8 Å². The van der Waals surface area contributed by atoms with E-state index in [1.807, 2.05) is 0 Å². The van der Waals surface area contributed by atoms with E-state index < -0.39 is 7.60 Å². The molecule has 0 aliphatic rings. The van der Waals surface area contributed by atoms with Crippen LogP contribution in [0.25, 0.3) is 0 Å². The van der Waals surface area contributed by atoms with Crippen molar-refractivity contribution in [3.63, 3.8) is 0 Å². The van der Waals surface area contributed by atoms with Crippen LogP contribution in [-0.4, -0.2) is 31.8 Å². The summed E-state index contributed by atoms with van der Waals surface area (Å²) in [6, 6.07) is 6.94. The van der Waals surface area contributed by atoms with Gasteiger partial charge in [0.2, 0.25) is 0 Å². The first kappa shape index (κ1) is 18.6. The summed E-state index contributed by atoms with van der Waals surface area (Å²) in [5, 5.41) is 0. The molecule has 0 aliphatic heterocycles. The Morgan fingerprint density at radius 3 is 2.18 bits per heavy atom. The normalized spacial score (nSPS) is 11.8. The number of hydrogen-bond acceptors (Lipinski definition) is 5. The Morgan fingerprint density at radius 1 is 1.09 bits per heavy atom. The summed E-state index contributed by atoms with van der Waals surface area (Å²) in [5.41, 5.74) is 0.650. The van der Waals surface area contributed by atoms with Crippen LogP contribution in [0.5, 0.6) is 5.75 Å². The highest BCUT2D eigenvalue weighted by atomic mass is 31.2. The zero-order valence-corrected chi connectivity index (χ0v) is 14.2. The maximum Gasteiger partial charge on any atom is 0.334 e. The average Bonchev–Trinajstić information content (AvgIpc) is 2.48. The molecule has 0 aliphatic carbocycles. The van der Waals surface area contributed by atoms with Crippen molar-refractivity contribution >= 4 is 13.4 Å². The second-order valence-corrected chi connectivity index (χ2v) is 6.60. The van der Waals surface area contributed by atoms with Gasteiger partial charge in [-0.15, -0.1) is 0 Å². The Labute approximate surface area is 131 Å². The first-order valence-electron chi connectivity index (χ1n) is 7.27. The van der Waals surface area contributed by atoms with Gasteiger partial charge in [0.15, 0.2) is 5.78 Å². The fourth-order valence-electron chi connectivity index (χ4n) is 1.74. The molecular weight excluding hydrogens is 303 g/mol. The summed E-state index contributed by atoms with van der Waals surface area (Å²) in [6.07, 6.45) is 3.72. The van der Waals surface area contributed by atoms with Crippen molar-refractivity contribution in [2.45, 2.75) is 20.8 Å². The summed E-state index contributed by atoms with van der Waals surface area (Å²) < 4.78 is 28.0. The molecule has 22 heavy (non-hydrogen) atoms. The molecule has 0 amide bonds. The minimum atomic E-state index is -3.03. The number of carbonyl (C=O) groups is 1. The van der Waals surface area contributed by atoms with Crippen molar-refractivity contribution < 1.29 is 23.1 Å². The molecule has 0 N–H and O–H groups in total. The molecule has 6 heteroatoms. The van der Waals surface area contributed by atoms with Crippen molar-refractivity contribution in [2.75, 3.05) is 26.0 Å². The second kappa shape index (κ2) is 9.57. The van der Waals surface area contributed by atoms with E-state index in [0.29, 0.717) is 31.1 Å². The minimum absolute atomic E-state index is 0.0223. The molecular formula is C16H23O5P. The van der Waals surface area contributed by atoms with E-state index in [1.165, 1.54) is 6.92 Å². The van der Waals surface area contributed by atoms with Crippen LogP contribution >= 0.6 is 7.60 Å². The SMILES string of the molecule is CCOP(=O)(C/C=C/COc1ccc(C(C)=O)cc1)OCC. The maximum atomic E-state index is 12.2. The Balaban J connectivity index is 2.42. The van der Waals surface area contributed by atoms with E-state index in [-0.39, 0.29) is 11.9 Å². The van der Waals surface area contributed by atoms with Crippen molar-refractivity contribution in [1.82, 2.24) is 0 Å². The van der Waals surface area contributed by atoms with Crippen LogP contribution in [0, 0.1) is 0 Å². The number of carbonyl (C=O) groups excluding carboxylic acids is 1. The van der Waals surface area contributed by atoms with Crippen molar-refractivity contribution in [1.29, 1.82) is 0 Å². The number of benzene rings is 1. The fourth-order valence-corrected chi connectivity index (χ4v) is 3.22. The lowest BCUT2D eigenvalue weighted by Gasteiger charge is -2.14.